The van der Waals surface area contributed by atoms with Crippen LogP contribution < -0.4 is 5.32 Å². The van der Waals surface area contributed by atoms with E-state index in [2.05, 4.69) is 16.4 Å². The fourth-order valence-electron chi connectivity index (χ4n) is 2.60. The summed E-state index contributed by atoms with van der Waals surface area (Å²) in [6.45, 7) is 2.01. The molecule has 1 aromatic carbocycles. The maximum absolute atomic E-state index is 12.3. The normalized spacial score (nSPS) is 16.9. The first kappa shape index (κ1) is 13.8. The van der Waals surface area contributed by atoms with E-state index < -0.39 is 0 Å². The van der Waals surface area contributed by atoms with Gasteiger partial charge in [0.25, 0.3) is 0 Å². The number of hydrogen-bond acceptors (Lipinski definition) is 4. The van der Waals surface area contributed by atoms with Crippen LogP contribution in [0, 0.1) is 24.2 Å². The number of nitriles is 1. The molecule has 0 fully saturated rings. The Balaban J connectivity index is 1.67. The molecule has 2 aromatic rings. The number of fused-ring (bicyclic) bond motifs is 1. The first-order chi connectivity index (χ1) is 10.2. The van der Waals surface area contributed by atoms with Crippen LogP contribution in [-0.2, 0) is 17.6 Å². The zero-order valence-electron chi connectivity index (χ0n) is 11.7. The molecule has 1 aliphatic rings. The summed E-state index contributed by atoms with van der Waals surface area (Å²) >= 11 is 1.70. The lowest BCUT2D eigenvalue weighted by Gasteiger charge is -2.20. The van der Waals surface area contributed by atoms with E-state index in [1.54, 1.807) is 35.6 Å². The third kappa shape index (κ3) is 2.96. The van der Waals surface area contributed by atoms with Gasteiger partial charge in [-0.15, -0.1) is 11.3 Å². The first-order valence-electron chi connectivity index (χ1n) is 6.92. The monoisotopic (exact) mass is 297 g/mol. The molecule has 0 saturated heterocycles. The van der Waals surface area contributed by atoms with Crippen LogP contribution in [0.4, 0.5) is 5.69 Å². The fourth-order valence-corrected chi connectivity index (χ4v) is 3.66. The molecule has 0 bridgehead atoms. The number of nitrogens with zero attached hydrogens (tertiary/aromatic N) is 2. The lowest BCUT2D eigenvalue weighted by molar-refractivity contribution is -0.120. The van der Waals surface area contributed by atoms with Crippen molar-refractivity contribution in [2.75, 3.05) is 5.32 Å². The van der Waals surface area contributed by atoms with Crippen molar-refractivity contribution in [2.45, 2.75) is 26.2 Å². The van der Waals surface area contributed by atoms with Crippen LogP contribution in [0.5, 0.6) is 0 Å². The molecule has 5 heteroatoms. The molecule has 0 radical (unpaired) electrons. The molecule has 1 aliphatic carbocycles. The zero-order valence-corrected chi connectivity index (χ0v) is 12.5. The van der Waals surface area contributed by atoms with Gasteiger partial charge in [-0.3, -0.25) is 4.79 Å². The number of nitrogens with one attached hydrogen (secondary N) is 1. The van der Waals surface area contributed by atoms with Gasteiger partial charge >= 0.3 is 0 Å². The maximum Gasteiger partial charge on any atom is 0.227 e. The van der Waals surface area contributed by atoms with E-state index in [1.165, 1.54) is 10.6 Å². The molecular weight excluding hydrogens is 282 g/mol. The summed E-state index contributed by atoms with van der Waals surface area (Å²) in [5.74, 6) is 0.0596. The van der Waals surface area contributed by atoms with E-state index in [4.69, 9.17) is 5.26 Å². The molecule has 1 amide bonds. The topological polar surface area (TPSA) is 65.8 Å². The summed E-state index contributed by atoms with van der Waals surface area (Å²) in [4.78, 5) is 18.1. The van der Waals surface area contributed by atoms with Crippen LogP contribution in [0.3, 0.4) is 0 Å². The minimum absolute atomic E-state index is 0.00740. The summed E-state index contributed by atoms with van der Waals surface area (Å²) in [5, 5.41) is 12.8. The Morgan fingerprint density at radius 2 is 2.19 bits per heavy atom. The van der Waals surface area contributed by atoms with Crippen molar-refractivity contribution < 1.29 is 4.79 Å². The van der Waals surface area contributed by atoms with Crippen molar-refractivity contribution in [2.24, 2.45) is 5.92 Å². The lowest BCUT2D eigenvalue weighted by atomic mass is 9.90. The molecule has 1 N–H and O–H groups in total. The van der Waals surface area contributed by atoms with Gasteiger partial charge in [-0.1, -0.05) is 0 Å². The minimum atomic E-state index is 0.00740. The Hall–Kier alpha value is -2.19. The Bertz CT molecular complexity index is 712. The molecular formula is C16H15N3OS. The van der Waals surface area contributed by atoms with Gasteiger partial charge < -0.3 is 5.32 Å². The number of anilines is 1. The average molecular weight is 297 g/mol. The molecule has 21 heavy (non-hydrogen) atoms. The van der Waals surface area contributed by atoms with Gasteiger partial charge in [-0.25, -0.2) is 4.98 Å². The minimum Gasteiger partial charge on any atom is -0.326 e. The third-order valence-corrected chi connectivity index (χ3v) is 4.73. The number of amides is 1. The number of aromatic nitrogens is 1. The summed E-state index contributed by atoms with van der Waals surface area (Å²) in [7, 11) is 0. The summed E-state index contributed by atoms with van der Waals surface area (Å²) in [6, 6.07) is 9.02. The SMILES string of the molecule is Cc1nc2c(s1)CC(C(=O)Nc1ccc(C#N)cc1)CC2. The van der Waals surface area contributed by atoms with Gasteiger partial charge in [0, 0.05) is 16.5 Å². The van der Waals surface area contributed by atoms with Crippen molar-refractivity contribution in [1.29, 1.82) is 5.26 Å². The number of hydrogen-bond donors (Lipinski definition) is 1. The Morgan fingerprint density at radius 1 is 1.43 bits per heavy atom. The number of benzene rings is 1. The van der Waals surface area contributed by atoms with Crippen molar-refractivity contribution in [3.8, 4) is 6.07 Å². The Labute approximate surface area is 127 Å². The van der Waals surface area contributed by atoms with Crippen LogP contribution in [0.15, 0.2) is 24.3 Å². The zero-order chi connectivity index (χ0) is 14.8. The average Bonchev–Trinajstić information content (AvgIpc) is 2.87. The Kier molecular flexibility index (Phi) is 3.72. The molecule has 1 aromatic heterocycles. The smallest absolute Gasteiger partial charge is 0.227 e. The van der Waals surface area contributed by atoms with Gasteiger partial charge in [-0.2, -0.15) is 5.26 Å². The largest absolute Gasteiger partial charge is 0.326 e. The van der Waals surface area contributed by atoms with Crippen LogP contribution >= 0.6 is 11.3 Å². The highest BCUT2D eigenvalue weighted by Gasteiger charge is 2.27. The lowest BCUT2D eigenvalue weighted by Crippen LogP contribution is -2.27. The predicted octanol–water partition coefficient (Wildman–Crippen LogP) is 3.07. The maximum atomic E-state index is 12.3. The van der Waals surface area contributed by atoms with Gasteiger partial charge in [-0.05, 0) is 50.5 Å². The van der Waals surface area contributed by atoms with Gasteiger partial charge in [0.2, 0.25) is 5.91 Å². The molecule has 4 nitrogen and oxygen atoms in total. The molecule has 0 saturated carbocycles. The van der Waals surface area contributed by atoms with E-state index in [1.807, 2.05) is 6.92 Å². The van der Waals surface area contributed by atoms with E-state index in [0.717, 1.165) is 30.0 Å². The second-order valence-electron chi connectivity index (χ2n) is 5.22. The molecule has 1 unspecified atom stereocenters. The van der Waals surface area contributed by atoms with Gasteiger partial charge in [0.05, 0.1) is 22.3 Å². The van der Waals surface area contributed by atoms with Crippen molar-refractivity contribution >= 4 is 22.9 Å². The van der Waals surface area contributed by atoms with Crippen LogP contribution in [0.25, 0.3) is 0 Å². The second kappa shape index (κ2) is 5.66. The van der Waals surface area contributed by atoms with Crippen molar-refractivity contribution in [1.82, 2.24) is 4.98 Å². The molecule has 106 valence electrons. The number of aryl methyl sites for hydroxylation is 2. The highest BCUT2D eigenvalue weighted by Crippen LogP contribution is 2.30. The second-order valence-corrected chi connectivity index (χ2v) is 6.51. The summed E-state index contributed by atoms with van der Waals surface area (Å²) in [6.07, 6.45) is 2.51. The summed E-state index contributed by atoms with van der Waals surface area (Å²) < 4.78 is 0. The fraction of sp³-hybridized carbons (Fsp3) is 0.312. The summed E-state index contributed by atoms with van der Waals surface area (Å²) in [5.41, 5.74) is 2.50. The number of carbonyl (C=O) groups excluding carboxylic acids is 1. The van der Waals surface area contributed by atoms with E-state index in [0.29, 0.717) is 5.56 Å². The molecule has 3 rings (SSSR count). The van der Waals surface area contributed by atoms with E-state index in [9.17, 15) is 4.79 Å². The van der Waals surface area contributed by atoms with Gasteiger partial charge in [0.1, 0.15) is 0 Å². The molecule has 0 spiro atoms. The number of thiazole rings is 1. The van der Waals surface area contributed by atoms with Crippen LogP contribution in [-0.4, -0.2) is 10.9 Å². The van der Waals surface area contributed by atoms with E-state index in [-0.39, 0.29) is 11.8 Å². The first-order valence-corrected chi connectivity index (χ1v) is 7.73. The highest BCUT2D eigenvalue weighted by atomic mass is 32.1. The van der Waals surface area contributed by atoms with Crippen molar-refractivity contribution in [3.63, 3.8) is 0 Å². The predicted molar refractivity (Wildman–Crippen MR) is 82.2 cm³/mol. The van der Waals surface area contributed by atoms with Crippen LogP contribution in [0.1, 0.15) is 27.6 Å². The molecule has 0 aliphatic heterocycles. The quantitative estimate of drug-likeness (QED) is 0.926. The standard InChI is InChI=1S/C16H15N3OS/c1-10-18-14-7-4-12(8-15(14)21-10)16(20)19-13-5-2-11(9-17)3-6-13/h2-3,5-6,12H,4,7-8H2,1H3,(H,19,20). The molecule has 1 atom stereocenters. The number of carbonyl (C=O) groups is 1. The highest BCUT2D eigenvalue weighted by molar-refractivity contribution is 7.11. The van der Waals surface area contributed by atoms with E-state index >= 15 is 0 Å². The number of rotatable bonds is 2. The Morgan fingerprint density at radius 3 is 2.90 bits per heavy atom. The van der Waals surface area contributed by atoms with Crippen molar-refractivity contribution in [3.05, 3.63) is 45.4 Å². The van der Waals surface area contributed by atoms with Crippen LogP contribution in [0.2, 0.25) is 0 Å². The van der Waals surface area contributed by atoms with Gasteiger partial charge in [0.15, 0.2) is 0 Å². The molecule has 1 heterocycles. The third-order valence-electron chi connectivity index (χ3n) is 3.70.